The van der Waals surface area contributed by atoms with Crippen LogP contribution in [-0.4, -0.2) is 23.6 Å². The predicted molar refractivity (Wildman–Crippen MR) is 82.1 cm³/mol. The van der Waals surface area contributed by atoms with E-state index in [9.17, 15) is 0 Å². The van der Waals surface area contributed by atoms with Crippen LogP contribution in [0.4, 0.5) is 5.13 Å². The van der Waals surface area contributed by atoms with Gasteiger partial charge in [-0.15, -0.1) is 0 Å². The molecule has 0 bridgehead atoms. The van der Waals surface area contributed by atoms with Crippen molar-refractivity contribution in [2.45, 2.75) is 64.5 Å². The summed E-state index contributed by atoms with van der Waals surface area (Å²) in [7, 11) is 0. The summed E-state index contributed by atoms with van der Waals surface area (Å²) in [5.41, 5.74) is 1.65. The van der Waals surface area contributed by atoms with Crippen molar-refractivity contribution in [2.24, 2.45) is 0 Å². The molecule has 1 aliphatic heterocycles. The first-order valence-corrected chi connectivity index (χ1v) is 8.44. The van der Waals surface area contributed by atoms with Crippen LogP contribution in [0, 0.1) is 0 Å². The van der Waals surface area contributed by atoms with Gasteiger partial charge in [0.2, 0.25) is 0 Å². The van der Waals surface area contributed by atoms with Crippen LogP contribution in [0.1, 0.15) is 63.1 Å². The van der Waals surface area contributed by atoms with Gasteiger partial charge in [-0.2, -0.15) is 0 Å². The smallest absolute Gasteiger partial charge is 0.186 e. The Kier molecular flexibility index (Phi) is 3.56. The monoisotopic (exact) mass is 279 g/mol. The zero-order valence-corrected chi connectivity index (χ0v) is 13.1. The van der Waals surface area contributed by atoms with Gasteiger partial charge >= 0.3 is 0 Å². The molecule has 0 aromatic carbocycles. The largest absolute Gasteiger partial charge is 0.343 e. The molecule has 0 amide bonds. The fraction of sp³-hybridized carbons (Fsp3) is 0.800. The van der Waals surface area contributed by atoms with Crippen molar-refractivity contribution < 1.29 is 0 Å². The van der Waals surface area contributed by atoms with Gasteiger partial charge in [-0.3, -0.25) is 0 Å². The molecule has 1 aromatic rings. The lowest BCUT2D eigenvalue weighted by molar-refractivity contribution is 0.476. The second kappa shape index (κ2) is 5.06. The number of hydrogen-bond donors (Lipinski definition) is 1. The van der Waals surface area contributed by atoms with E-state index in [-0.39, 0.29) is 5.54 Å². The molecule has 1 atom stereocenters. The molecule has 0 spiro atoms. The van der Waals surface area contributed by atoms with Crippen LogP contribution in [0.3, 0.4) is 0 Å². The summed E-state index contributed by atoms with van der Waals surface area (Å²) in [5.74, 6) is 0. The standard InChI is InChI=1S/C15H25N3S/c1-4-16-11-7-5-8-12-13(11)19-14(17-12)18-10-6-9-15(18,2)3/h11,16H,4-10H2,1-3H3. The Morgan fingerprint density at radius 1 is 1.42 bits per heavy atom. The Balaban J connectivity index is 1.89. The SMILES string of the molecule is CCNC1CCCc2nc(N3CCCC3(C)C)sc21. The average Bonchev–Trinajstić information content (AvgIpc) is 2.92. The topological polar surface area (TPSA) is 28.2 Å². The van der Waals surface area contributed by atoms with Gasteiger partial charge in [0.25, 0.3) is 0 Å². The number of aromatic nitrogens is 1. The molecule has 1 saturated heterocycles. The molecule has 1 fully saturated rings. The minimum atomic E-state index is 0.286. The molecule has 0 saturated carbocycles. The molecule has 1 aliphatic carbocycles. The normalized spacial score (nSPS) is 25.6. The fourth-order valence-corrected chi connectivity index (χ4v) is 4.84. The second-order valence-electron chi connectivity index (χ2n) is 6.38. The number of rotatable bonds is 3. The summed E-state index contributed by atoms with van der Waals surface area (Å²) in [6.45, 7) is 9.11. The van der Waals surface area contributed by atoms with Crippen LogP contribution in [0.25, 0.3) is 0 Å². The minimum absolute atomic E-state index is 0.286. The van der Waals surface area contributed by atoms with Crippen LogP contribution >= 0.6 is 11.3 Å². The van der Waals surface area contributed by atoms with E-state index in [0.29, 0.717) is 6.04 Å². The molecule has 1 N–H and O–H groups in total. The summed E-state index contributed by atoms with van der Waals surface area (Å²) in [6, 6.07) is 0.547. The first-order valence-electron chi connectivity index (χ1n) is 7.62. The van der Waals surface area contributed by atoms with Crippen molar-refractivity contribution in [3.8, 4) is 0 Å². The van der Waals surface area contributed by atoms with Gasteiger partial charge in [-0.05, 0) is 52.5 Å². The molecule has 4 heteroatoms. The van der Waals surface area contributed by atoms with Crippen molar-refractivity contribution in [1.82, 2.24) is 10.3 Å². The van der Waals surface area contributed by atoms with Gasteiger partial charge in [0, 0.05) is 23.0 Å². The molecular weight excluding hydrogens is 254 g/mol. The molecule has 2 heterocycles. The van der Waals surface area contributed by atoms with E-state index in [1.807, 2.05) is 11.3 Å². The van der Waals surface area contributed by atoms with Crippen LogP contribution in [0.5, 0.6) is 0 Å². The third kappa shape index (κ3) is 2.40. The maximum absolute atomic E-state index is 4.97. The molecule has 2 aliphatic rings. The Labute approximate surface area is 120 Å². The first kappa shape index (κ1) is 13.4. The Bertz CT molecular complexity index is 452. The fourth-order valence-electron chi connectivity index (χ4n) is 3.43. The Morgan fingerprint density at radius 2 is 2.26 bits per heavy atom. The summed E-state index contributed by atoms with van der Waals surface area (Å²) >= 11 is 1.94. The van der Waals surface area contributed by atoms with E-state index in [0.717, 1.165) is 6.54 Å². The molecule has 0 radical (unpaired) electrons. The number of anilines is 1. The molecule has 106 valence electrons. The number of aryl methyl sites for hydroxylation is 1. The van der Waals surface area contributed by atoms with E-state index < -0.39 is 0 Å². The molecule has 19 heavy (non-hydrogen) atoms. The highest BCUT2D eigenvalue weighted by atomic mass is 32.1. The van der Waals surface area contributed by atoms with Crippen molar-refractivity contribution in [3.63, 3.8) is 0 Å². The number of fused-ring (bicyclic) bond motifs is 1. The highest BCUT2D eigenvalue weighted by Crippen LogP contribution is 2.41. The summed E-state index contributed by atoms with van der Waals surface area (Å²) in [6.07, 6.45) is 6.30. The van der Waals surface area contributed by atoms with E-state index in [2.05, 4.69) is 31.0 Å². The van der Waals surface area contributed by atoms with E-state index in [4.69, 9.17) is 4.98 Å². The number of thiazole rings is 1. The average molecular weight is 279 g/mol. The highest BCUT2D eigenvalue weighted by Gasteiger charge is 2.35. The summed E-state index contributed by atoms with van der Waals surface area (Å²) < 4.78 is 0. The number of hydrogen-bond acceptors (Lipinski definition) is 4. The Morgan fingerprint density at radius 3 is 2.95 bits per heavy atom. The molecule has 1 unspecified atom stereocenters. The first-order chi connectivity index (χ1) is 9.12. The van der Waals surface area contributed by atoms with Crippen molar-refractivity contribution in [2.75, 3.05) is 18.0 Å². The molecule has 1 aromatic heterocycles. The molecule has 3 nitrogen and oxygen atoms in total. The highest BCUT2D eigenvalue weighted by molar-refractivity contribution is 7.15. The predicted octanol–water partition coefficient (Wildman–Crippen LogP) is 3.51. The second-order valence-corrected chi connectivity index (χ2v) is 7.39. The summed E-state index contributed by atoms with van der Waals surface area (Å²) in [4.78, 5) is 9.00. The van der Waals surface area contributed by atoms with Gasteiger partial charge in [0.15, 0.2) is 5.13 Å². The van der Waals surface area contributed by atoms with Crippen LogP contribution in [0.2, 0.25) is 0 Å². The van der Waals surface area contributed by atoms with Crippen LogP contribution < -0.4 is 10.2 Å². The van der Waals surface area contributed by atoms with Gasteiger partial charge in [0.1, 0.15) is 0 Å². The van der Waals surface area contributed by atoms with Gasteiger partial charge in [0.05, 0.1) is 5.69 Å². The van der Waals surface area contributed by atoms with E-state index in [1.54, 1.807) is 0 Å². The van der Waals surface area contributed by atoms with Crippen molar-refractivity contribution in [1.29, 1.82) is 0 Å². The van der Waals surface area contributed by atoms with Gasteiger partial charge in [-0.25, -0.2) is 4.98 Å². The van der Waals surface area contributed by atoms with Crippen LogP contribution in [-0.2, 0) is 6.42 Å². The van der Waals surface area contributed by atoms with Gasteiger partial charge < -0.3 is 10.2 Å². The zero-order chi connectivity index (χ0) is 13.5. The van der Waals surface area contributed by atoms with Gasteiger partial charge in [-0.1, -0.05) is 18.3 Å². The lowest BCUT2D eigenvalue weighted by Crippen LogP contribution is -2.38. The molecule has 3 rings (SSSR count). The zero-order valence-electron chi connectivity index (χ0n) is 12.3. The third-order valence-electron chi connectivity index (χ3n) is 4.52. The van der Waals surface area contributed by atoms with Crippen molar-refractivity contribution >= 4 is 16.5 Å². The maximum atomic E-state index is 4.97. The minimum Gasteiger partial charge on any atom is -0.343 e. The quantitative estimate of drug-likeness (QED) is 0.917. The molecular formula is C15H25N3S. The third-order valence-corrected chi connectivity index (χ3v) is 5.76. The Hall–Kier alpha value is -0.610. The maximum Gasteiger partial charge on any atom is 0.186 e. The van der Waals surface area contributed by atoms with Crippen LogP contribution in [0.15, 0.2) is 0 Å². The number of nitrogens with one attached hydrogen (secondary N) is 1. The lowest BCUT2D eigenvalue weighted by atomic mass is 9.98. The van der Waals surface area contributed by atoms with E-state index in [1.165, 1.54) is 54.4 Å². The van der Waals surface area contributed by atoms with Crippen molar-refractivity contribution in [3.05, 3.63) is 10.6 Å². The lowest BCUT2D eigenvalue weighted by Gasteiger charge is -2.31. The number of nitrogens with zero attached hydrogens (tertiary/aromatic N) is 2. The van der Waals surface area contributed by atoms with E-state index >= 15 is 0 Å². The summed E-state index contributed by atoms with van der Waals surface area (Å²) in [5, 5.41) is 4.88.